The molecule has 0 amide bonds. The Labute approximate surface area is 160 Å². The molecule has 0 spiro atoms. The second kappa shape index (κ2) is 8.01. The standard InChI is InChI=1S/C19H17ClFN3OS/c1-3-24-18(14-5-4-6-15(20)11-14)22-23-19(24)26-12(2)17(25)13-7-9-16(21)10-8-13/h4-12H,3H2,1-2H3/t12-/m0/s1. The largest absolute Gasteiger partial charge is 0.302 e. The number of hydrogen-bond acceptors (Lipinski definition) is 4. The lowest BCUT2D eigenvalue weighted by molar-refractivity contribution is 0.0994. The molecule has 0 unspecified atom stereocenters. The van der Waals surface area contributed by atoms with Crippen LogP contribution in [0, 0.1) is 5.82 Å². The third-order valence-corrected chi connectivity index (χ3v) is 5.21. The van der Waals surface area contributed by atoms with E-state index in [9.17, 15) is 9.18 Å². The SMILES string of the molecule is CCn1c(S[C@@H](C)C(=O)c2ccc(F)cc2)nnc1-c1cccc(Cl)c1. The number of aromatic nitrogens is 3. The van der Waals surface area contributed by atoms with Crippen molar-refractivity contribution in [1.29, 1.82) is 0 Å². The summed E-state index contributed by atoms with van der Waals surface area (Å²) in [5, 5.41) is 9.42. The molecular formula is C19H17ClFN3OS. The van der Waals surface area contributed by atoms with E-state index in [-0.39, 0.29) is 16.9 Å². The Balaban J connectivity index is 1.83. The highest BCUT2D eigenvalue weighted by Gasteiger charge is 2.21. The Bertz CT molecular complexity index is 927. The molecule has 7 heteroatoms. The highest BCUT2D eigenvalue weighted by atomic mass is 35.5. The topological polar surface area (TPSA) is 47.8 Å². The number of rotatable bonds is 6. The smallest absolute Gasteiger partial charge is 0.192 e. The maximum absolute atomic E-state index is 13.0. The second-order valence-corrected chi connectivity index (χ2v) is 7.44. The molecular weight excluding hydrogens is 373 g/mol. The molecule has 1 heterocycles. The van der Waals surface area contributed by atoms with Gasteiger partial charge in [-0.1, -0.05) is 35.5 Å². The van der Waals surface area contributed by atoms with Crippen LogP contribution < -0.4 is 0 Å². The van der Waals surface area contributed by atoms with Crippen LogP contribution in [0.4, 0.5) is 4.39 Å². The fraction of sp³-hybridized carbons (Fsp3) is 0.211. The highest BCUT2D eigenvalue weighted by Crippen LogP contribution is 2.29. The quantitative estimate of drug-likeness (QED) is 0.433. The summed E-state index contributed by atoms with van der Waals surface area (Å²) in [5.74, 6) is 0.266. The Morgan fingerprint density at radius 2 is 1.96 bits per heavy atom. The van der Waals surface area contributed by atoms with Gasteiger partial charge in [0, 0.05) is 22.7 Å². The van der Waals surface area contributed by atoms with E-state index in [0.717, 1.165) is 5.56 Å². The third-order valence-electron chi connectivity index (χ3n) is 3.90. The summed E-state index contributed by atoms with van der Waals surface area (Å²) in [7, 11) is 0. The lowest BCUT2D eigenvalue weighted by atomic mass is 10.1. The van der Waals surface area contributed by atoms with Gasteiger partial charge in [0.05, 0.1) is 5.25 Å². The van der Waals surface area contributed by atoms with Crippen molar-refractivity contribution in [3.8, 4) is 11.4 Å². The normalized spacial score (nSPS) is 12.2. The number of carbonyl (C=O) groups is 1. The molecule has 0 N–H and O–H groups in total. The van der Waals surface area contributed by atoms with Gasteiger partial charge < -0.3 is 4.57 Å². The summed E-state index contributed by atoms with van der Waals surface area (Å²) in [4.78, 5) is 12.6. The molecule has 0 aliphatic carbocycles. The zero-order valence-electron chi connectivity index (χ0n) is 14.3. The fourth-order valence-corrected chi connectivity index (χ4v) is 3.74. The Kier molecular flexibility index (Phi) is 5.74. The van der Waals surface area contributed by atoms with Gasteiger partial charge in [-0.2, -0.15) is 0 Å². The number of thioether (sulfide) groups is 1. The van der Waals surface area contributed by atoms with E-state index in [1.165, 1.54) is 36.0 Å². The molecule has 0 bridgehead atoms. The Hall–Kier alpha value is -2.18. The molecule has 0 saturated heterocycles. The first kappa shape index (κ1) is 18.6. The number of halogens is 2. The number of hydrogen-bond donors (Lipinski definition) is 0. The summed E-state index contributed by atoms with van der Waals surface area (Å²) in [6.07, 6.45) is 0. The van der Waals surface area contributed by atoms with Crippen LogP contribution in [0.5, 0.6) is 0 Å². The van der Waals surface area contributed by atoms with E-state index in [1.807, 2.05) is 36.6 Å². The summed E-state index contributed by atoms with van der Waals surface area (Å²) < 4.78 is 15.0. The van der Waals surface area contributed by atoms with Crippen molar-refractivity contribution in [2.75, 3.05) is 0 Å². The van der Waals surface area contributed by atoms with Gasteiger partial charge in [0.15, 0.2) is 16.8 Å². The average Bonchev–Trinajstić information content (AvgIpc) is 3.04. The number of benzene rings is 2. The summed E-state index contributed by atoms with van der Waals surface area (Å²) >= 11 is 7.40. The van der Waals surface area contributed by atoms with Crippen LogP contribution in [0.3, 0.4) is 0 Å². The lowest BCUT2D eigenvalue weighted by Gasteiger charge is -2.12. The van der Waals surface area contributed by atoms with Crippen molar-refractivity contribution >= 4 is 29.1 Å². The van der Waals surface area contributed by atoms with Crippen LogP contribution in [-0.4, -0.2) is 25.8 Å². The summed E-state index contributed by atoms with van der Waals surface area (Å²) in [6.45, 7) is 4.46. The van der Waals surface area contributed by atoms with Crippen molar-refractivity contribution in [3.05, 3.63) is 64.9 Å². The van der Waals surface area contributed by atoms with E-state index in [2.05, 4.69) is 10.2 Å². The first-order valence-electron chi connectivity index (χ1n) is 8.15. The molecule has 3 rings (SSSR count). The van der Waals surface area contributed by atoms with Gasteiger partial charge in [0.25, 0.3) is 0 Å². The van der Waals surface area contributed by atoms with Crippen LogP contribution >= 0.6 is 23.4 Å². The van der Waals surface area contributed by atoms with Crippen LogP contribution in [-0.2, 0) is 6.54 Å². The van der Waals surface area contributed by atoms with Crippen LogP contribution in [0.2, 0.25) is 5.02 Å². The molecule has 0 aliphatic rings. The zero-order valence-corrected chi connectivity index (χ0v) is 15.9. The molecule has 1 atom stereocenters. The van der Waals surface area contributed by atoms with Gasteiger partial charge in [0.1, 0.15) is 5.82 Å². The van der Waals surface area contributed by atoms with Crippen molar-refractivity contribution in [2.24, 2.45) is 0 Å². The third kappa shape index (κ3) is 3.97. The number of ketones is 1. The van der Waals surface area contributed by atoms with E-state index in [4.69, 9.17) is 11.6 Å². The van der Waals surface area contributed by atoms with Crippen LogP contribution in [0.15, 0.2) is 53.7 Å². The van der Waals surface area contributed by atoms with E-state index >= 15 is 0 Å². The van der Waals surface area contributed by atoms with E-state index < -0.39 is 0 Å². The van der Waals surface area contributed by atoms with Gasteiger partial charge in [-0.05, 0) is 50.2 Å². The minimum absolute atomic E-state index is 0.0787. The maximum Gasteiger partial charge on any atom is 0.192 e. The second-order valence-electron chi connectivity index (χ2n) is 5.69. The number of carbonyl (C=O) groups excluding carboxylic acids is 1. The lowest BCUT2D eigenvalue weighted by Crippen LogP contribution is -2.14. The molecule has 0 saturated carbocycles. The summed E-state index contributed by atoms with van der Waals surface area (Å²) in [6, 6.07) is 13.0. The van der Waals surface area contributed by atoms with E-state index in [1.54, 1.807) is 6.07 Å². The number of nitrogens with zero attached hydrogens (tertiary/aromatic N) is 3. The van der Waals surface area contributed by atoms with Gasteiger partial charge in [-0.15, -0.1) is 10.2 Å². The molecule has 1 aromatic heterocycles. The fourth-order valence-electron chi connectivity index (χ4n) is 2.56. The van der Waals surface area contributed by atoms with Gasteiger partial charge in [-0.3, -0.25) is 4.79 Å². The van der Waals surface area contributed by atoms with Crippen LogP contribution in [0.1, 0.15) is 24.2 Å². The van der Waals surface area contributed by atoms with Crippen molar-refractivity contribution in [2.45, 2.75) is 30.8 Å². The van der Waals surface area contributed by atoms with Crippen molar-refractivity contribution in [3.63, 3.8) is 0 Å². The molecule has 0 radical (unpaired) electrons. The summed E-state index contributed by atoms with van der Waals surface area (Å²) in [5.41, 5.74) is 1.35. The molecule has 3 aromatic rings. The van der Waals surface area contributed by atoms with Crippen LogP contribution in [0.25, 0.3) is 11.4 Å². The first-order valence-corrected chi connectivity index (χ1v) is 9.41. The maximum atomic E-state index is 13.0. The minimum atomic E-state index is -0.373. The Morgan fingerprint density at radius 1 is 1.23 bits per heavy atom. The van der Waals surface area contributed by atoms with Gasteiger partial charge in [-0.25, -0.2) is 4.39 Å². The van der Waals surface area contributed by atoms with Crippen molar-refractivity contribution in [1.82, 2.24) is 14.8 Å². The molecule has 0 aliphatic heterocycles. The Morgan fingerprint density at radius 3 is 2.62 bits per heavy atom. The molecule has 134 valence electrons. The van der Waals surface area contributed by atoms with E-state index in [0.29, 0.717) is 28.1 Å². The predicted molar refractivity (Wildman–Crippen MR) is 102 cm³/mol. The first-order chi connectivity index (χ1) is 12.5. The molecule has 0 fully saturated rings. The zero-order chi connectivity index (χ0) is 18.7. The predicted octanol–water partition coefficient (Wildman–Crippen LogP) is 5.12. The molecule has 26 heavy (non-hydrogen) atoms. The monoisotopic (exact) mass is 389 g/mol. The average molecular weight is 390 g/mol. The van der Waals surface area contributed by atoms with Crippen molar-refractivity contribution < 1.29 is 9.18 Å². The molecule has 2 aromatic carbocycles. The van der Waals surface area contributed by atoms with Gasteiger partial charge >= 0.3 is 0 Å². The van der Waals surface area contributed by atoms with Gasteiger partial charge in [0.2, 0.25) is 0 Å². The number of Topliss-reactive ketones (excluding diaryl/α,β-unsaturated/α-hetero) is 1. The minimum Gasteiger partial charge on any atom is -0.302 e. The highest BCUT2D eigenvalue weighted by molar-refractivity contribution is 8.00. The molecule has 4 nitrogen and oxygen atoms in total.